The number of nitrogens with two attached hydrogens (primary N) is 1. The molecule has 116 valence electrons. The summed E-state index contributed by atoms with van der Waals surface area (Å²) in [5, 5.41) is 7.76. The zero-order valence-corrected chi connectivity index (χ0v) is 13.9. The summed E-state index contributed by atoms with van der Waals surface area (Å²) >= 11 is 7.25. The standard InChI is InChI=1S/C14H13ClN2O3S2/c1-9(18)17-12-7-11(15)14(22(16,19)20)8-13(12)21-10-5-3-2-4-6-10/h2-8H,1H3,(H,17,18)(H2,16,19,20). The highest BCUT2D eigenvalue weighted by Gasteiger charge is 2.18. The third-order valence-electron chi connectivity index (χ3n) is 2.62. The van der Waals surface area contributed by atoms with Gasteiger partial charge in [-0.25, -0.2) is 13.6 Å². The van der Waals surface area contributed by atoms with Crippen molar-refractivity contribution in [2.45, 2.75) is 21.6 Å². The number of nitrogens with one attached hydrogen (secondary N) is 1. The predicted molar refractivity (Wildman–Crippen MR) is 87.7 cm³/mol. The van der Waals surface area contributed by atoms with Crippen LogP contribution in [-0.2, 0) is 14.8 Å². The van der Waals surface area contributed by atoms with Crippen molar-refractivity contribution in [2.75, 3.05) is 5.32 Å². The van der Waals surface area contributed by atoms with E-state index in [1.54, 1.807) is 0 Å². The zero-order chi connectivity index (χ0) is 16.3. The number of rotatable bonds is 4. The highest BCUT2D eigenvalue weighted by molar-refractivity contribution is 7.99. The van der Waals surface area contributed by atoms with Crippen molar-refractivity contribution in [3.8, 4) is 0 Å². The van der Waals surface area contributed by atoms with E-state index < -0.39 is 10.0 Å². The van der Waals surface area contributed by atoms with E-state index in [1.807, 2.05) is 30.3 Å². The van der Waals surface area contributed by atoms with Gasteiger partial charge in [-0.2, -0.15) is 0 Å². The number of benzene rings is 2. The molecule has 0 saturated heterocycles. The Balaban J connectivity index is 2.54. The molecule has 0 spiro atoms. The highest BCUT2D eigenvalue weighted by atomic mass is 35.5. The van der Waals surface area contributed by atoms with Gasteiger partial charge in [-0.05, 0) is 24.3 Å². The van der Waals surface area contributed by atoms with Gasteiger partial charge >= 0.3 is 0 Å². The summed E-state index contributed by atoms with van der Waals surface area (Å²) in [5.41, 5.74) is 0.429. The minimum absolute atomic E-state index is 0.0383. The van der Waals surface area contributed by atoms with Crippen LogP contribution in [0.1, 0.15) is 6.92 Å². The van der Waals surface area contributed by atoms with E-state index in [9.17, 15) is 13.2 Å². The maximum atomic E-state index is 11.6. The Hall–Kier alpha value is -1.54. The minimum atomic E-state index is -3.95. The van der Waals surface area contributed by atoms with Crippen LogP contribution in [0.5, 0.6) is 0 Å². The quantitative estimate of drug-likeness (QED) is 0.880. The zero-order valence-electron chi connectivity index (χ0n) is 11.5. The van der Waals surface area contributed by atoms with E-state index in [-0.39, 0.29) is 15.8 Å². The number of carbonyl (C=O) groups excluding carboxylic acids is 1. The first kappa shape index (κ1) is 16.8. The molecular weight excluding hydrogens is 344 g/mol. The van der Waals surface area contributed by atoms with Crippen LogP contribution in [0.2, 0.25) is 5.02 Å². The van der Waals surface area contributed by atoms with Gasteiger partial charge in [-0.3, -0.25) is 4.79 Å². The Labute approximate surface area is 137 Å². The van der Waals surface area contributed by atoms with Gasteiger partial charge in [-0.1, -0.05) is 41.6 Å². The third-order valence-corrected chi connectivity index (χ3v) is 5.06. The molecule has 0 aliphatic carbocycles. The number of sulfonamides is 1. The number of hydrogen-bond acceptors (Lipinski definition) is 4. The molecule has 0 aliphatic rings. The average Bonchev–Trinajstić information content (AvgIpc) is 2.41. The Bertz CT molecular complexity index is 808. The molecule has 5 nitrogen and oxygen atoms in total. The predicted octanol–water partition coefficient (Wildman–Crippen LogP) is 3.10. The first-order valence-corrected chi connectivity index (χ1v) is 8.88. The summed E-state index contributed by atoms with van der Waals surface area (Å²) in [4.78, 5) is 12.5. The van der Waals surface area contributed by atoms with E-state index in [4.69, 9.17) is 16.7 Å². The third kappa shape index (κ3) is 4.23. The van der Waals surface area contributed by atoms with Crippen molar-refractivity contribution in [2.24, 2.45) is 5.14 Å². The Morgan fingerprint density at radius 2 is 1.86 bits per heavy atom. The number of anilines is 1. The second kappa shape index (κ2) is 6.70. The molecule has 2 aromatic rings. The molecule has 1 amide bonds. The summed E-state index contributed by atoms with van der Waals surface area (Å²) in [6, 6.07) is 12.1. The lowest BCUT2D eigenvalue weighted by Gasteiger charge is -2.13. The van der Waals surface area contributed by atoms with Gasteiger partial charge in [0.25, 0.3) is 0 Å². The number of amides is 1. The molecule has 0 bridgehead atoms. The van der Waals surface area contributed by atoms with Crippen LogP contribution in [0.25, 0.3) is 0 Å². The van der Waals surface area contributed by atoms with Crippen LogP contribution in [0.4, 0.5) is 5.69 Å². The van der Waals surface area contributed by atoms with Gasteiger partial charge in [0.15, 0.2) is 0 Å². The van der Waals surface area contributed by atoms with Gasteiger partial charge in [-0.15, -0.1) is 0 Å². The van der Waals surface area contributed by atoms with Gasteiger partial charge in [0.05, 0.1) is 10.7 Å². The van der Waals surface area contributed by atoms with Crippen molar-refractivity contribution in [3.63, 3.8) is 0 Å². The summed E-state index contributed by atoms with van der Waals surface area (Å²) in [5.74, 6) is -0.283. The average molecular weight is 357 g/mol. The van der Waals surface area contributed by atoms with Crippen molar-refractivity contribution in [3.05, 3.63) is 47.5 Å². The van der Waals surface area contributed by atoms with Gasteiger partial charge in [0.1, 0.15) is 4.90 Å². The molecule has 0 heterocycles. The molecule has 0 aromatic heterocycles. The topological polar surface area (TPSA) is 89.3 Å². The number of hydrogen-bond donors (Lipinski definition) is 2. The fourth-order valence-electron chi connectivity index (χ4n) is 1.74. The second-order valence-electron chi connectivity index (χ2n) is 4.42. The number of primary sulfonamides is 1. The molecule has 0 fully saturated rings. The monoisotopic (exact) mass is 356 g/mol. The summed E-state index contributed by atoms with van der Waals surface area (Å²) in [6.45, 7) is 1.36. The fraction of sp³-hybridized carbons (Fsp3) is 0.0714. The van der Waals surface area contributed by atoms with Gasteiger partial charge in [0.2, 0.25) is 15.9 Å². The summed E-state index contributed by atoms with van der Waals surface area (Å²) < 4.78 is 23.2. The molecule has 0 aliphatic heterocycles. The van der Waals surface area contributed by atoms with Crippen molar-refractivity contribution < 1.29 is 13.2 Å². The number of carbonyl (C=O) groups is 1. The van der Waals surface area contributed by atoms with E-state index in [2.05, 4.69) is 5.32 Å². The lowest BCUT2D eigenvalue weighted by atomic mass is 10.3. The molecule has 2 aromatic carbocycles. The molecular formula is C14H13ClN2O3S2. The van der Waals surface area contributed by atoms with Crippen LogP contribution >= 0.6 is 23.4 Å². The Kier molecular flexibility index (Phi) is 5.12. The van der Waals surface area contributed by atoms with Crippen LogP contribution in [0, 0.1) is 0 Å². The maximum Gasteiger partial charge on any atom is 0.239 e. The first-order chi connectivity index (χ1) is 10.3. The molecule has 0 saturated carbocycles. The largest absolute Gasteiger partial charge is 0.325 e. The molecule has 0 radical (unpaired) electrons. The molecule has 0 unspecified atom stereocenters. The molecule has 0 atom stereocenters. The van der Waals surface area contributed by atoms with E-state index in [0.717, 1.165) is 4.90 Å². The lowest BCUT2D eigenvalue weighted by Crippen LogP contribution is -2.14. The van der Waals surface area contributed by atoms with Crippen LogP contribution in [0.3, 0.4) is 0 Å². The van der Waals surface area contributed by atoms with E-state index in [0.29, 0.717) is 10.6 Å². The Morgan fingerprint density at radius 3 is 2.41 bits per heavy atom. The molecule has 3 N–H and O–H groups in total. The molecule has 8 heteroatoms. The second-order valence-corrected chi connectivity index (χ2v) is 7.47. The Morgan fingerprint density at radius 1 is 1.23 bits per heavy atom. The first-order valence-electron chi connectivity index (χ1n) is 6.14. The SMILES string of the molecule is CC(=O)Nc1cc(Cl)c(S(N)(=O)=O)cc1Sc1ccccc1. The van der Waals surface area contributed by atoms with Gasteiger partial charge in [0, 0.05) is 16.7 Å². The molecule has 22 heavy (non-hydrogen) atoms. The maximum absolute atomic E-state index is 11.6. The molecule has 2 rings (SSSR count). The van der Waals surface area contributed by atoms with Crippen LogP contribution < -0.4 is 10.5 Å². The van der Waals surface area contributed by atoms with Crippen molar-refractivity contribution >= 4 is 45.0 Å². The van der Waals surface area contributed by atoms with Crippen molar-refractivity contribution in [1.82, 2.24) is 0 Å². The lowest BCUT2D eigenvalue weighted by molar-refractivity contribution is -0.114. The summed E-state index contributed by atoms with van der Waals surface area (Å²) in [7, 11) is -3.95. The highest BCUT2D eigenvalue weighted by Crippen LogP contribution is 2.38. The van der Waals surface area contributed by atoms with E-state index in [1.165, 1.54) is 30.8 Å². The van der Waals surface area contributed by atoms with E-state index >= 15 is 0 Å². The van der Waals surface area contributed by atoms with Crippen molar-refractivity contribution in [1.29, 1.82) is 0 Å². The van der Waals surface area contributed by atoms with Gasteiger partial charge < -0.3 is 5.32 Å². The minimum Gasteiger partial charge on any atom is -0.325 e. The number of halogens is 1. The fourth-order valence-corrected chi connectivity index (χ4v) is 3.86. The van der Waals surface area contributed by atoms with Crippen LogP contribution in [0.15, 0.2) is 57.2 Å². The smallest absolute Gasteiger partial charge is 0.239 e. The summed E-state index contributed by atoms with van der Waals surface area (Å²) in [6.07, 6.45) is 0. The van der Waals surface area contributed by atoms with Crippen LogP contribution in [-0.4, -0.2) is 14.3 Å². The normalized spacial score (nSPS) is 11.2.